The van der Waals surface area contributed by atoms with E-state index < -0.39 is 0 Å². The second kappa shape index (κ2) is 6.92. The molecule has 3 aliphatic rings. The van der Waals surface area contributed by atoms with E-state index in [1.165, 1.54) is 59.9 Å². The third-order valence-corrected chi connectivity index (χ3v) is 7.61. The van der Waals surface area contributed by atoms with Gasteiger partial charge in [0.2, 0.25) is 0 Å². The molecule has 0 radical (unpaired) electrons. The molecule has 28 heavy (non-hydrogen) atoms. The van der Waals surface area contributed by atoms with Crippen LogP contribution in [0.2, 0.25) is 0 Å². The monoisotopic (exact) mass is 366 g/mol. The van der Waals surface area contributed by atoms with Gasteiger partial charge >= 0.3 is 0 Å². The fourth-order valence-electron chi connectivity index (χ4n) is 5.77. The number of aryl methyl sites for hydroxylation is 1. The SMILES string of the molecule is Cc1ccc(-c2ccc(-c3ccc(C4(C)CC5CCC4CC5)cc3)cc2)cc1. The van der Waals surface area contributed by atoms with Gasteiger partial charge in [-0.1, -0.05) is 98.1 Å². The summed E-state index contributed by atoms with van der Waals surface area (Å²) in [5, 5.41) is 0. The van der Waals surface area contributed by atoms with Crippen LogP contribution in [0.25, 0.3) is 22.3 Å². The second-order valence-corrected chi connectivity index (χ2v) is 9.36. The minimum atomic E-state index is 0.398. The lowest BCUT2D eigenvalue weighted by Gasteiger charge is -2.50. The van der Waals surface area contributed by atoms with E-state index in [-0.39, 0.29) is 0 Å². The third kappa shape index (κ3) is 3.09. The number of hydrogen-bond donors (Lipinski definition) is 0. The minimum Gasteiger partial charge on any atom is -0.0587 e. The van der Waals surface area contributed by atoms with Crippen LogP contribution < -0.4 is 0 Å². The van der Waals surface area contributed by atoms with Crippen molar-refractivity contribution in [2.75, 3.05) is 0 Å². The van der Waals surface area contributed by atoms with E-state index >= 15 is 0 Å². The fraction of sp³-hybridized carbons (Fsp3) is 0.357. The number of hydrogen-bond acceptors (Lipinski definition) is 0. The molecule has 0 aromatic heterocycles. The Balaban J connectivity index is 1.38. The first-order chi connectivity index (χ1) is 13.6. The van der Waals surface area contributed by atoms with Gasteiger partial charge in [0, 0.05) is 0 Å². The zero-order valence-electron chi connectivity index (χ0n) is 17.1. The Morgan fingerprint density at radius 1 is 0.607 bits per heavy atom. The van der Waals surface area contributed by atoms with E-state index in [0.717, 1.165) is 11.8 Å². The number of rotatable bonds is 3. The Kier molecular flexibility index (Phi) is 4.38. The molecule has 1 atom stereocenters. The first-order valence-corrected chi connectivity index (χ1v) is 10.9. The zero-order valence-corrected chi connectivity index (χ0v) is 17.1. The van der Waals surface area contributed by atoms with Crippen LogP contribution in [-0.2, 0) is 5.41 Å². The van der Waals surface area contributed by atoms with Crippen molar-refractivity contribution in [3.63, 3.8) is 0 Å². The fourth-order valence-corrected chi connectivity index (χ4v) is 5.77. The molecule has 0 heteroatoms. The highest BCUT2D eigenvalue weighted by molar-refractivity contribution is 5.70. The predicted molar refractivity (Wildman–Crippen MR) is 119 cm³/mol. The highest BCUT2D eigenvalue weighted by Crippen LogP contribution is 2.53. The van der Waals surface area contributed by atoms with Crippen molar-refractivity contribution < 1.29 is 0 Å². The normalized spacial score (nSPS) is 26.4. The Morgan fingerprint density at radius 2 is 1.04 bits per heavy atom. The molecule has 3 saturated carbocycles. The number of benzene rings is 3. The maximum absolute atomic E-state index is 2.52. The summed E-state index contributed by atoms with van der Waals surface area (Å²) in [6.07, 6.45) is 7.19. The summed E-state index contributed by atoms with van der Waals surface area (Å²) in [7, 11) is 0. The first kappa shape index (κ1) is 17.7. The van der Waals surface area contributed by atoms with E-state index in [1.807, 2.05) is 0 Å². The van der Waals surface area contributed by atoms with Crippen LogP contribution in [0.15, 0.2) is 72.8 Å². The van der Waals surface area contributed by atoms with Crippen molar-refractivity contribution >= 4 is 0 Å². The highest BCUT2D eigenvalue weighted by atomic mass is 14.5. The topological polar surface area (TPSA) is 0 Å². The van der Waals surface area contributed by atoms with Crippen molar-refractivity contribution in [3.8, 4) is 22.3 Å². The van der Waals surface area contributed by atoms with Crippen LogP contribution in [0.1, 0.15) is 50.2 Å². The Morgan fingerprint density at radius 3 is 1.46 bits per heavy atom. The van der Waals surface area contributed by atoms with Crippen LogP contribution in [0, 0.1) is 18.8 Å². The van der Waals surface area contributed by atoms with E-state index in [4.69, 9.17) is 0 Å². The molecule has 0 aliphatic heterocycles. The lowest BCUT2D eigenvalue weighted by molar-refractivity contribution is 0.0772. The van der Waals surface area contributed by atoms with Gasteiger partial charge in [-0.3, -0.25) is 0 Å². The first-order valence-electron chi connectivity index (χ1n) is 10.9. The van der Waals surface area contributed by atoms with Gasteiger partial charge in [0.15, 0.2) is 0 Å². The van der Waals surface area contributed by atoms with Gasteiger partial charge < -0.3 is 0 Å². The van der Waals surface area contributed by atoms with Crippen LogP contribution in [0.3, 0.4) is 0 Å². The molecule has 0 nitrogen and oxygen atoms in total. The molecular formula is C28H30. The highest BCUT2D eigenvalue weighted by Gasteiger charge is 2.44. The molecule has 0 heterocycles. The second-order valence-electron chi connectivity index (χ2n) is 9.36. The molecule has 142 valence electrons. The molecule has 0 amide bonds. The van der Waals surface area contributed by atoms with Gasteiger partial charge in [0.1, 0.15) is 0 Å². The summed E-state index contributed by atoms with van der Waals surface area (Å²) in [4.78, 5) is 0. The molecular weight excluding hydrogens is 336 g/mol. The van der Waals surface area contributed by atoms with Crippen molar-refractivity contribution in [1.82, 2.24) is 0 Å². The van der Waals surface area contributed by atoms with Gasteiger partial charge in [-0.15, -0.1) is 0 Å². The van der Waals surface area contributed by atoms with E-state index in [2.05, 4.69) is 86.6 Å². The maximum Gasteiger partial charge on any atom is -0.00444 e. The minimum absolute atomic E-state index is 0.398. The average molecular weight is 367 g/mol. The Labute approximate surface area is 169 Å². The van der Waals surface area contributed by atoms with Gasteiger partial charge in [0.25, 0.3) is 0 Å². The molecule has 2 bridgehead atoms. The molecule has 6 rings (SSSR count). The van der Waals surface area contributed by atoms with Crippen LogP contribution in [0.5, 0.6) is 0 Å². The van der Waals surface area contributed by atoms with Crippen molar-refractivity contribution in [2.45, 2.75) is 51.4 Å². The molecule has 3 aliphatic carbocycles. The molecule has 0 spiro atoms. The quantitative estimate of drug-likeness (QED) is 0.443. The molecule has 3 fully saturated rings. The average Bonchev–Trinajstić information content (AvgIpc) is 2.75. The van der Waals surface area contributed by atoms with E-state index in [1.54, 1.807) is 5.56 Å². The summed E-state index contributed by atoms with van der Waals surface area (Å²) in [6, 6.07) is 27.3. The van der Waals surface area contributed by atoms with Crippen LogP contribution in [0.4, 0.5) is 0 Å². The molecule has 0 saturated heterocycles. The van der Waals surface area contributed by atoms with Crippen molar-refractivity contribution in [2.24, 2.45) is 11.8 Å². The summed E-state index contributed by atoms with van der Waals surface area (Å²) < 4.78 is 0. The third-order valence-electron chi connectivity index (χ3n) is 7.61. The summed E-state index contributed by atoms with van der Waals surface area (Å²) in [6.45, 7) is 4.66. The largest absolute Gasteiger partial charge is 0.0587 e. The van der Waals surface area contributed by atoms with Gasteiger partial charge in [-0.05, 0) is 71.3 Å². The Bertz CT molecular complexity index is 938. The number of fused-ring (bicyclic) bond motifs is 3. The standard InChI is InChI=1S/C28H30/c1-20-3-7-22(8-4-20)23-9-11-24(12-10-23)25-13-17-27(18-14-25)28(2)19-21-5-15-26(28)16-6-21/h3-4,7-14,17-18,21,26H,5-6,15-16,19H2,1-2H3. The smallest absolute Gasteiger partial charge is 0.00444 e. The van der Waals surface area contributed by atoms with E-state index in [9.17, 15) is 0 Å². The zero-order chi connectivity index (χ0) is 19.1. The van der Waals surface area contributed by atoms with Gasteiger partial charge in [0.05, 0.1) is 0 Å². The predicted octanol–water partition coefficient (Wildman–Crippen LogP) is 7.80. The van der Waals surface area contributed by atoms with Crippen LogP contribution in [-0.4, -0.2) is 0 Å². The lowest BCUT2D eigenvalue weighted by Crippen LogP contribution is -2.42. The Hall–Kier alpha value is -2.34. The molecule has 3 aromatic rings. The maximum atomic E-state index is 2.52. The molecule has 1 unspecified atom stereocenters. The van der Waals surface area contributed by atoms with Gasteiger partial charge in [-0.25, -0.2) is 0 Å². The summed E-state index contributed by atoms with van der Waals surface area (Å²) in [5.74, 6) is 1.85. The van der Waals surface area contributed by atoms with Crippen LogP contribution >= 0.6 is 0 Å². The molecule has 0 N–H and O–H groups in total. The summed E-state index contributed by atoms with van der Waals surface area (Å²) >= 11 is 0. The van der Waals surface area contributed by atoms with Crippen molar-refractivity contribution in [1.29, 1.82) is 0 Å². The lowest BCUT2D eigenvalue weighted by atomic mass is 9.54. The van der Waals surface area contributed by atoms with Crippen molar-refractivity contribution in [3.05, 3.63) is 83.9 Å². The van der Waals surface area contributed by atoms with Gasteiger partial charge in [-0.2, -0.15) is 0 Å². The summed E-state index contributed by atoms with van der Waals surface area (Å²) in [5.41, 5.74) is 8.46. The molecule has 3 aromatic carbocycles. The van der Waals surface area contributed by atoms with E-state index in [0.29, 0.717) is 5.41 Å².